The summed E-state index contributed by atoms with van der Waals surface area (Å²) in [5.74, 6) is 0. The smallest absolute Gasteiger partial charge is 0.0935 e. The van der Waals surface area contributed by atoms with Crippen LogP contribution in [0.25, 0.3) is 21.8 Å². The molecule has 5 nitrogen and oxygen atoms in total. The molecule has 0 spiro atoms. The number of hydrogen-bond donors (Lipinski definition) is 2. The number of unbranched alkanes of at least 4 members (excludes halogenated alkanes) is 1. The summed E-state index contributed by atoms with van der Waals surface area (Å²) in [6.45, 7) is 4.72. The number of para-hydroxylation sites is 2. The normalized spacial score (nSPS) is 11.5. The van der Waals surface area contributed by atoms with E-state index in [-0.39, 0.29) is 0 Å². The zero-order chi connectivity index (χ0) is 20.2. The topological polar surface area (TPSA) is 81.1 Å². The molecule has 0 aliphatic carbocycles. The van der Waals surface area contributed by atoms with E-state index in [4.69, 9.17) is 21.4 Å². The third kappa shape index (κ3) is 4.30. The van der Waals surface area contributed by atoms with Gasteiger partial charge in [-0.05, 0) is 37.2 Å². The molecule has 0 aliphatic heterocycles. The molecule has 4 N–H and O–H groups in total. The Morgan fingerprint density at radius 3 is 1.72 bits per heavy atom. The van der Waals surface area contributed by atoms with E-state index >= 15 is 0 Å². The Bertz CT molecular complexity index is 1050. The Hall–Kier alpha value is -3.18. The van der Waals surface area contributed by atoms with Crippen molar-refractivity contribution in [1.82, 2.24) is 14.9 Å². The van der Waals surface area contributed by atoms with Crippen LogP contribution in [0, 0.1) is 0 Å². The number of rotatable bonds is 7. The van der Waals surface area contributed by atoms with Crippen LogP contribution in [0.3, 0.4) is 0 Å². The van der Waals surface area contributed by atoms with Gasteiger partial charge >= 0.3 is 0 Å². The predicted molar refractivity (Wildman–Crippen MR) is 121 cm³/mol. The number of fused-ring (bicyclic) bond motifs is 2. The van der Waals surface area contributed by atoms with E-state index in [2.05, 4.69) is 36.1 Å². The highest BCUT2D eigenvalue weighted by atomic mass is 15.1. The van der Waals surface area contributed by atoms with Crippen LogP contribution in [0.4, 0.5) is 11.4 Å². The first-order valence-corrected chi connectivity index (χ1v) is 10.1. The van der Waals surface area contributed by atoms with Crippen molar-refractivity contribution in [1.29, 1.82) is 0 Å². The van der Waals surface area contributed by atoms with E-state index in [1.54, 1.807) is 0 Å². The number of nitrogen functional groups attached to an aromatic ring is 2. The summed E-state index contributed by atoms with van der Waals surface area (Å²) in [5, 5.41) is 2.14. The van der Waals surface area contributed by atoms with Gasteiger partial charge in [-0.15, -0.1) is 0 Å². The molecule has 5 heteroatoms. The van der Waals surface area contributed by atoms with Gasteiger partial charge in [0.1, 0.15) is 0 Å². The first-order valence-electron chi connectivity index (χ1n) is 10.1. The Kier molecular flexibility index (Phi) is 5.58. The molecule has 0 atom stereocenters. The number of pyridine rings is 2. The number of anilines is 2. The zero-order valence-corrected chi connectivity index (χ0v) is 16.8. The van der Waals surface area contributed by atoms with E-state index < -0.39 is 0 Å². The van der Waals surface area contributed by atoms with Gasteiger partial charge in [0, 0.05) is 23.9 Å². The molecule has 4 aromatic rings. The number of hydrogen-bond acceptors (Lipinski definition) is 5. The van der Waals surface area contributed by atoms with Gasteiger partial charge in [-0.2, -0.15) is 0 Å². The van der Waals surface area contributed by atoms with Gasteiger partial charge in [-0.25, -0.2) is 9.97 Å². The fraction of sp³-hybridized carbons (Fsp3) is 0.250. The van der Waals surface area contributed by atoms with Crippen molar-refractivity contribution in [2.75, 3.05) is 18.0 Å². The maximum absolute atomic E-state index is 6.13. The van der Waals surface area contributed by atoms with Gasteiger partial charge < -0.3 is 11.5 Å². The van der Waals surface area contributed by atoms with E-state index in [1.165, 1.54) is 0 Å². The molecule has 148 valence electrons. The Balaban J connectivity index is 1.59. The number of benzene rings is 2. The van der Waals surface area contributed by atoms with Crippen molar-refractivity contribution in [3.05, 3.63) is 72.1 Å². The first-order chi connectivity index (χ1) is 14.1. The van der Waals surface area contributed by atoms with Gasteiger partial charge in [-0.3, -0.25) is 4.90 Å². The number of aromatic nitrogens is 2. The second-order valence-corrected chi connectivity index (χ2v) is 7.51. The van der Waals surface area contributed by atoms with Crippen LogP contribution in [0.15, 0.2) is 60.7 Å². The van der Waals surface area contributed by atoms with Crippen molar-refractivity contribution < 1.29 is 0 Å². The highest BCUT2D eigenvalue weighted by molar-refractivity contribution is 5.89. The monoisotopic (exact) mass is 385 g/mol. The molecular formula is C24H27N5. The lowest BCUT2D eigenvalue weighted by Crippen LogP contribution is -2.25. The van der Waals surface area contributed by atoms with Gasteiger partial charge in [0.2, 0.25) is 0 Å². The summed E-state index contributed by atoms with van der Waals surface area (Å²) in [4.78, 5) is 12.0. The molecular weight excluding hydrogens is 358 g/mol. The maximum Gasteiger partial charge on any atom is 0.0935 e. The molecule has 4 rings (SSSR count). The van der Waals surface area contributed by atoms with E-state index in [0.29, 0.717) is 0 Å². The maximum atomic E-state index is 6.13. The molecule has 0 amide bonds. The molecule has 0 radical (unpaired) electrons. The standard InChI is InChI=1S/C24H27N5/c1-2-3-14-29(15-19-12-10-17-6-4-8-21(25)23(17)27-19)16-20-13-11-18-7-5-9-22(26)24(18)28-20/h4-13H,2-3,14-16,25-26H2,1H3. The molecule has 2 aromatic heterocycles. The van der Waals surface area contributed by atoms with Crippen molar-refractivity contribution >= 4 is 33.2 Å². The van der Waals surface area contributed by atoms with Gasteiger partial charge in [-0.1, -0.05) is 49.7 Å². The minimum Gasteiger partial charge on any atom is -0.397 e. The molecule has 0 fully saturated rings. The summed E-state index contributed by atoms with van der Waals surface area (Å²) < 4.78 is 0. The first kappa shape index (κ1) is 19.2. The van der Waals surface area contributed by atoms with Crippen LogP contribution >= 0.6 is 0 Å². The molecule has 0 unspecified atom stereocenters. The Labute approximate surface area is 171 Å². The van der Waals surface area contributed by atoms with Crippen LogP contribution in [0.5, 0.6) is 0 Å². The summed E-state index contributed by atoms with van der Waals surface area (Å²) in [7, 11) is 0. The van der Waals surface area contributed by atoms with Crippen molar-refractivity contribution in [3.8, 4) is 0 Å². The molecule has 2 aromatic carbocycles. The zero-order valence-electron chi connectivity index (χ0n) is 16.8. The second-order valence-electron chi connectivity index (χ2n) is 7.51. The van der Waals surface area contributed by atoms with Gasteiger partial charge in [0.25, 0.3) is 0 Å². The van der Waals surface area contributed by atoms with Gasteiger partial charge in [0.05, 0.1) is 33.8 Å². The fourth-order valence-corrected chi connectivity index (χ4v) is 3.65. The summed E-state index contributed by atoms with van der Waals surface area (Å²) in [6.07, 6.45) is 2.28. The molecule has 2 heterocycles. The second kappa shape index (κ2) is 8.45. The van der Waals surface area contributed by atoms with Gasteiger partial charge in [0.15, 0.2) is 0 Å². The minimum atomic E-state index is 0.719. The fourth-order valence-electron chi connectivity index (χ4n) is 3.65. The quantitative estimate of drug-likeness (QED) is 0.449. The largest absolute Gasteiger partial charge is 0.397 e. The third-order valence-electron chi connectivity index (χ3n) is 5.22. The summed E-state index contributed by atoms with van der Waals surface area (Å²) in [6, 6.07) is 20.2. The van der Waals surface area contributed by atoms with Crippen LogP contribution in [0.1, 0.15) is 31.2 Å². The molecule has 0 aliphatic rings. The lowest BCUT2D eigenvalue weighted by molar-refractivity contribution is 0.247. The highest BCUT2D eigenvalue weighted by Gasteiger charge is 2.11. The third-order valence-corrected chi connectivity index (χ3v) is 5.22. The van der Waals surface area contributed by atoms with E-state index in [9.17, 15) is 0 Å². The summed E-state index contributed by atoms with van der Waals surface area (Å²) >= 11 is 0. The minimum absolute atomic E-state index is 0.719. The average Bonchev–Trinajstić information content (AvgIpc) is 2.73. The van der Waals surface area contributed by atoms with E-state index in [1.807, 2.05) is 36.4 Å². The van der Waals surface area contributed by atoms with Crippen molar-refractivity contribution in [3.63, 3.8) is 0 Å². The Morgan fingerprint density at radius 2 is 1.24 bits per heavy atom. The van der Waals surface area contributed by atoms with Crippen molar-refractivity contribution in [2.45, 2.75) is 32.9 Å². The van der Waals surface area contributed by atoms with Crippen LogP contribution < -0.4 is 11.5 Å². The molecule has 0 saturated carbocycles. The average molecular weight is 386 g/mol. The SMILES string of the molecule is CCCCN(Cc1ccc2cccc(N)c2n1)Cc1ccc2cccc(N)c2n1. The predicted octanol–water partition coefficient (Wildman–Crippen LogP) is 4.75. The highest BCUT2D eigenvalue weighted by Crippen LogP contribution is 2.22. The lowest BCUT2D eigenvalue weighted by atomic mass is 10.1. The number of nitrogens with two attached hydrogens (primary N) is 2. The lowest BCUT2D eigenvalue weighted by Gasteiger charge is -2.22. The summed E-state index contributed by atoms with van der Waals surface area (Å²) in [5.41, 5.74) is 17.5. The van der Waals surface area contributed by atoms with Crippen LogP contribution in [-0.4, -0.2) is 21.4 Å². The number of nitrogens with zero attached hydrogens (tertiary/aromatic N) is 3. The van der Waals surface area contributed by atoms with Crippen LogP contribution in [-0.2, 0) is 13.1 Å². The van der Waals surface area contributed by atoms with Crippen LogP contribution in [0.2, 0.25) is 0 Å². The molecule has 29 heavy (non-hydrogen) atoms. The van der Waals surface area contributed by atoms with Crippen molar-refractivity contribution in [2.24, 2.45) is 0 Å². The molecule has 0 saturated heterocycles. The van der Waals surface area contributed by atoms with E-state index in [0.717, 1.165) is 77.0 Å². The Morgan fingerprint density at radius 1 is 0.724 bits per heavy atom. The molecule has 0 bridgehead atoms.